The van der Waals surface area contributed by atoms with E-state index in [1.807, 2.05) is 18.3 Å². The quantitative estimate of drug-likeness (QED) is 0.772. The molecule has 2 heteroatoms. The number of hydrogen-bond donors (Lipinski definition) is 1. The molecule has 0 aliphatic carbocycles. The van der Waals surface area contributed by atoms with Crippen molar-refractivity contribution >= 4 is 0 Å². The van der Waals surface area contributed by atoms with Gasteiger partial charge in [-0.15, -0.1) is 0 Å². The summed E-state index contributed by atoms with van der Waals surface area (Å²) in [5, 5.41) is 3.50. The number of rotatable bonds is 5. The van der Waals surface area contributed by atoms with Crippen molar-refractivity contribution in [3.05, 3.63) is 30.1 Å². The van der Waals surface area contributed by atoms with Gasteiger partial charge in [0.25, 0.3) is 0 Å². The lowest BCUT2D eigenvalue weighted by atomic mass is 9.82. The van der Waals surface area contributed by atoms with Gasteiger partial charge in [-0.2, -0.15) is 0 Å². The highest BCUT2D eigenvalue weighted by Crippen LogP contribution is 2.24. The van der Waals surface area contributed by atoms with Crippen LogP contribution in [0.25, 0.3) is 0 Å². The molecule has 0 amide bonds. The van der Waals surface area contributed by atoms with Crippen molar-refractivity contribution in [2.24, 2.45) is 11.3 Å². The fourth-order valence-corrected chi connectivity index (χ4v) is 1.39. The first-order chi connectivity index (χ1) is 7.50. The molecule has 0 saturated carbocycles. The van der Waals surface area contributed by atoms with Gasteiger partial charge in [-0.25, -0.2) is 0 Å². The molecule has 0 spiro atoms. The predicted octanol–water partition coefficient (Wildman–Crippen LogP) is 2.90. The third kappa shape index (κ3) is 4.75. The molecule has 0 aliphatic rings. The van der Waals surface area contributed by atoms with E-state index in [4.69, 9.17) is 0 Å². The van der Waals surface area contributed by atoms with E-state index in [9.17, 15) is 0 Å². The molecule has 1 atom stereocenters. The fourth-order valence-electron chi connectivity index (χ4n) is 1.39. The Morgan fingerprint density at radius 1 is 1.31 bits per heavy atom. The summed E-state index contributed by atoms with van der Waals surface area (Å²) < 4.78 is 0. The van der Waals surface area contributed by atoms with Crippen molar-refractivity contribution in [3.63, 3.8) is 0 Å². The molecule has 0 saturated heterocycles. The zero-order valence-electron chi connectivity index (χ0n) is 11.0. The summed E-state index contributed by atoms with van der Waals surface area (Å²) in [6.07, 6.45) is 2.87. The van der Waals surface area contributed by atoms with Gasteiger partial charge in [-0.3, -0.25) is 4.98 Å². The maximum atomic E-state index is 4.30. The maximum absolute atomic E-state index is 4.30. The van der Waals surface area contributed by atoms with Crippen LogP contribution in [0.4, 0.5) is 0 Å². The normalized spacial score (nSPS) is 13.8. The van der Waals surface area contributed by atoms with Crippen LogP contribution >= 0.6 is 0 Å². The van der Waals surface area contributed by atoms with E-state index in [0.717, 1.165) is 19.5 Å². The van der Waals surface area contributed by atoms with Crippen LogP contribution in [0.1, 0.15) is 33.4 Å². The minimum atomic E-state index is 0.387. The van der Waals surface area contributed by atoms with E-state index in [1.165, 1.54) is 5.69 Å². The smallest absolute Gasteiger partial charge is 0.0416 e. The number of hydrogen-bond acceptors (Lipinski definition) is 2. The van der Waals surface area contributed by atoms with Gasteiger partial charge >= 0.3 is 0 Å². The van der Waals surface area contributed by atoms with Gasteiger partial charge in [0.1, 0.15) is 0 Å². The third-order valence-corrected chi connectivity index (χ3v) is 3.21. The Morgan fingerprint density at radius 2 is 2.06 bits per heavy atom. The highest BCUT2D eigenvalue weighted by atomic mass is 14.9. The summed E-state index contributed by atoms with van der Waals surface area (Å²) in [4.78, 5) is 4.30. The lowest BCUT2D eigenvalue weighted by Crippen LogP contribution is -2.30. The summed E-state index contributed by atoms with van der Waals surface area (Å²) in [6.45, 7) is 11.3. The SMILES string of the molecule is CC(CNCCc1ccccn1)C(C)(C)C. The molecule has 0 bridgehead atoms. The van der Waals surface area contributed by atoms with Crippen LogP contribution in [0.5, 0.6) is 0 Å². The van der Waals surface area contributed by atoms with E-state index in [2.05, 4.69) is 44.1 Å². The molecular weight excluding hydrogens is 196 g/mol. The van der Waals surface area contributed by atoms with E-state index >= 15 is 0 Å². The number of nitrogens with one attached hydrogen (secondary N) is 1. The standard InChI is InChI=1S/C14H24N2/c1-12(14(2,3)4)11-15-10-8-13-7-5-6-9-16-13/h5-7,9,12,15H,8,10-11H2,1-4H3. The van der Waals surface area contributed by atoms with Gasteiger partial charge in [0.15, 0.2) is 0 Å². The molecule has 90 valence electrons. The summed E-state index contributed by atoms with van der Waals surface area (Å²) in [7, 11) is 0. The first kappa shape index (κ1) is 13.2. The van der Waals surface area contributed by atoms with Gasteiger partial charge in [0.05, 0.1) is 0 Å². The number of pyridine rings is 1. The van der Waals surface area contributed by atoms with Crippen LogP contribution in [-0.4, -0.2) is 18.1 Å². The molecule has 1 N–H and O–H groups in total. The first-order valence-electron chi connectivity index (χ1n) is 6.11. The van der Waals surface area contributed by atoms with Crippen molar-refractivity contribution in [2.45, 2.75) is 34.1 Å². The third-order valence-electron chi connectivity index (χ3n) is 3.21. The lowest BCUT2D eigenvalue weighted by Gasteiger charge is -2.27. The summed E-state index contributed by atoms with van der Waals surface area (Å²) in [5.74, 6) is 0.691. The van der Waals surface area contributed by atoms with Gasteiger partial charge < -0.3 is 5.32 Å². The average Bonchev–Trinajstić information content (AvgIpc) is 2.24. The van der Waals surface area contributed by atoms with Crippen molar-refractivity contribution in [1.82, 2.24) is 10.3 Å². The van der Waals surface area contributed by atoms with Gasteiger partial charge in [0.2, 0.25) is 0 Å². The van der Waals surface area contributed by atoms with Crippen molar-refractivity contribution in [1.29, 1.82) is 0 Å². The van der Waals surface area contributed by atoms with E-state index in [-0.39, 0.29) is 0 Å². The van der Waals surface area contributed by atoms with Crippen LogP contribution in [0, 0.1) is 11.3 Å². The molecule has 0 fully saturated rings. The molecule has 16 heavy (non-hydrogen) atoms. The van der Waals surface area contributed by atoms with Crippen LogP contribution in [0.2, 0.25) is 0 Å². The van der Waals surface area contributed by atoms with Crippen LogP contribution in [0.3, 0.4) is 0 Å². The van der Waals surface area contributed by atoms with Crippen LogP contribution in [0.15, 0.2) is 24.4 Å². The van der Waals surface area contributed by atoms with Gasteiger partial charge in [-0.1, -0.05) is 33.8 Å². The Bertz CT molecular complexity index is 287. The second kappa shape index (κ2) is 6.00. The first-order valence-corrected chi connectivity index (χ1v) is 6.11. The molecule has 1 unspecified atom stereocenters. The monoisotopic (exact) mass is 220 g/mol. The zero-order chi connectivity index (χ0) is 12.0. The summed E-state index contributed by atoms with van der Waals surface area (Å²) >= 11 is 0. The molecule has 1 aromatic heterocycles. The van der Waals surface area contributed by atoms with Crippen molar-refractivity contribution in [3.8, 4) is 0 Å². The fraction of sp³-hybridized carbons (Fsp3) is 0.643. The highest BCUT2D eigenvalue weighted by molar-refractivity contribution is 5.03. The van der Waals surface area contributed by atoms with E-state index < -0.39 is 0 Å². The molecule has 1 aromatic rings. The molecule has 0 aromatic carbocycles. The molecule has 1 rings (SSSR count). The van der Waals surface area contributed by atoms with Crippen molar-refractivity contribution < 1.29 is 0 Å². The number of aromatic nitrogens is 1. The maximum Gasteiger partial charge on any atom is 0.0416 e. The molecule has 0 aliphatic heterocycles. The lowest BCUT2D eigenvalue weighted by molar-refractivity contribution is 0.253. The van der Waals surface area contributed by atoms with Gasteiger partial charge in [0, 0.05) is 24.9 Å². The Balaban J connectivity index is 2.18. The average molecular weight is 220 g/mol. The molecule has 2 nitrogen and oxygen atoms in total. The summed E-state index contributed by atoms with van der Waals surface area (Å²) in [6, 6.07) is 6.08. The van der Waals surface area contributed by atoms with Crippen LogP contribution in [-0.2, 0) is 6.42 Å². The van der Waals surface area contributed by atoms with E-state index in [0.29, 0.717) is 11.3 Å². The largest absolute Gasteiger partial charge is 0.316 e. The Hall–Kier alpha value is -0.890. The minimum absolute atomic E-state index is 0.387. The number of nitrogens with zero attached hydrogens (tertiary/aromatic N) is 1. The molecule has 0 radical (unpaired) electrons. The minimum Gasteiger partial charge on any atom is -0.316 e. The molecule has 1 heterocycles. The Kier molecular flexibility index (Phi) is 4.94. The predicted molar refractivity (Wildman–Crippen MR) is 69.4 cm³/mol. The topological polar surface area (TPSA) is 24.9 Å². The van der Waals surface area contributed by atoms with Crippen LogP contribution < -0.4 is 5.32 Å². The summed E-state index contributed by atoms with van der Waals surface area (Å²) in [5.41, 5.74) is 1.55. The van der Waals surface area contributed by atoms with Crippen molar-refractivity contribution in [2.75, 3.05) is 13.1 Å². The Morgan fingerprint density at radius 3 is 2.62 bits per heavy atom. The Labute approximate surface area is 99.5 Å². The second-order valence-corrected chi connectivity index (χ2v) is 5.54. The second-order valence-electron chi connectivity index (χ2n) is 5.54. The zero-order valence-corrected chi connectivity index (χ0v) is 11.0. The van der Waals surface area contributed by atoms with E-state index in [1.54, 1.807) is 0 Å². The van der Waals surface area contributed by atoms with Gasteiger partial charge in [-0.05, 0) is 30.0 Å². The molecular formula is C14H24N2. The highest BCUT2D eigenvalue weighted by Gasteiger charge is 2.18.